The summed E-state index contributed by atoms with van der Waals surface area (Å²) >= 11 is 3.23. The topological polar surface area (TPSA) is 53.5 Å². The molecule has 0 saturated carbocycles. The first-order valence-corrected chi connectivity index (χ1v) is 9.66. The van der Waals surface area contributed by atoms with Crippen LogP contribution in [0.2, 0.25) is 0 Å². The van der Waals surface area contributed by atoms with Crippen molar-refractivity contribution in [3.63, 3.8) is 0 Å². The van der Waals surface area contributed by atoms with Crippen LogP contribution in [0.4, 0.5) is 8.78 Å². The Balaban J connectivity index is 1.77. The van der Waals surface area contributed by atoms with Crippen LogP contribution in [0.25, 0.3) is 0 Å². The highest BCUT2D eigenvalue weighted by Gasteiger charge is 2.43. The Morgan fingerprint density at radius 3 is 2.88 bits per heavy atom. The van der Waals surface area contributed by atoms with E-state index in [1.165, 1.54) is 4.90 Å². The lowest BCUT2D eigenvalue weighted by Crippen LogP contribution is -2.52. The highest BCUT2D eigenvalue weighted by molar-refractivity contribution is 9.10. The molecule has 0 radical (unpaired) electrons. The minimum atomic E-state index is -2.89. The number of pyridine rings is 1. The summed E-state index contributed by atoms with van der Waals surface area (Å²) in [5.74, 6) is -3.26. The number of hydrogen-bond donors (Lipinski definition) is 0. The summed E-state index contributed by atoms with van der Waals surface area (Å²) in [6.07, 6.45) is 1.90. The predicted molar refractivity (Wildman–Crippen MR) is 96.1 cm³/mol. The standard InChI is InChI=1S/C18H22BrF2N3O2/c1-12-4-5-14(19)22-16(12)17(26)24-11-18(20,21)8-6-13(24)7-10-23-9-2-3-15(23)25/h4-5,13H,2-3,6-11H2,1H3/t13-/m1/s1. The molecule has 0 N–H and O–H groups in total. The Bertz CT molecular complexity index is 714. The van der Waals surface area contributed by atoms with Crippen LogP contribution in [0.5, 0.6) is 0 Å². The van der Waals surface area contributed by atoms with E-state index in [-0.39, 0.29) is 30.5 Å². The molecule has 0 aromatic carbocycles. The maximum absolute atomic E-state index is 14.0. The Kier molecular flexibility index (Phi) is 5.60. The van der Waals surface area contributed by atoms with Gasteiger partial charge in [-0.3, -0.25) is 9.59 Å². The van der Waals surface area contributed by atoms with Crippen molar-refractivity contribution in [3.05, 3.63) is 28.0 Å². The molecule has 0 unspecified atom stereocenters. The third-order valence-corrected chi connectivity index (χ3v) is 5.56. The fourth-order valence-electron chi connectivity index (χ4n) is 3.63. The molecule has 26 heavy (non-hydrogen) atoms. The highest BCUT2D eigenvalue weighted by Crippen LogP contribution is 2.33. The van der Waals surface area contributed by atoms with Crippen molar-refractivity contribution in [2.75, 3.05) is 19.6 Å². The van der Waals surface area contributed by atoms with Gasteiger partial charge in [-0.25, -0.2) is 13.8 Å². The molecule has 1 aromatic heterocycles. The van der Waals surface area contributed by atoms with Crippen LogP contribution in [0.15, 0.2) is 16.7 Å². The second kappa shape index (κ2) is 7.58. The van der Waals surface area contributed by atoms with E-state index in [0.29, 0.717) is 36.1 Å². The molecule has 3 rings (SSSR count). The lowest BCUT2D eigenvalue weighted by Gasteiger charge is -2.40. The Morgan fingerprint density at radius 2 is 2.19 bits per heavy atom. The number of rotatable bonds is 4. The van der Waals surface area contributed by atoms with Gasteiger partial charge < -0.3 is 9.80 Å². The highest BCUT2D eigenvalue weighted by atomic mass is 79.9. The Hall–Kier alpha value is -1.57. The quantitative estimate of drug-likeness (QED) is 0.689. The first-order valence-electron chi connectivity index (χ1n) is 8.86. The van der Waals surface area contributed by atoms with Crippen molar-refractivity contribution in [1.82, 2.24) is 14.8 Å². The molecule has 0 spiro atoms. The first kappa shape index (κ1) is 19.2. The van der Waals surface area contributed by atoms with Gasteiger partial charge in [0, 0.05) is 32.0 Å². The molecule has 8 heteroatoms. The Labute approximate surface area is 159 Å². The fraction of sp³-hybridized carbons (Fsp3) is 0.611. The van der Waals surface area contributed by atoms with E-state index in [9.17, 15) is 18.4 Å². The van der Waals surface area contributed by atoms with Gasteiger partial charge >= 0.3 is 0 Å². The van der Waals surface area contributed by atoms with Crippen LogP contribution in [0.3, 0.4) is 0 Å². The van der Waals surface area contributed by atoms with Crippen molar-refractivity contribution in [3.8, 4) is 0 Å². The second-order valence-corrected chi connectivity index (χ2v) is 7.87. The maximum Gasteiger partial charge on any atom is 0.273 e. The summed E-state index contributed by atoms with van der Waals surface area (Å²) in [5.41, 5.74) is 0.847. The van der Waals surface area contributed by atoms with Gasteiger partial charge in [0.25, 0.3) is 11.8 Å². The molecular formula is C18H22BrF2N3O2. The summed E-state index contributed by atoms with van der Waals surface area (Å²) in [6.45, 7) is 2.36. The van der Waals surface area contributed by atoms with Gasteiger partial charge in [-0.15, -0.1) is 0 Å². The summed E-state index contributed by atoms with van der Waals surface area (Å²) in [4.78, 5) is 32.0. The third kappa shape index (κ3) is 4.22. The zero-order chi connectivity index (χ0) is 18.9. The minimum Gasteiger partial charge on any atom is -0.343 e. The molecule has 2 amide bonds. The van der Waals surface area contributed by atoms with Gasteiger partial charge in [-0.05, 0) is 53.7 Å². The number of alkyl halides is 2. The number of carbonyl (C=O) groups is 2. The number of hydrogen-bond acceptors (Lipinski definition) is 3. The van der Waals surface area contributed by atoms with E-state index >= 15 is 0 Å². The molecule has 142 valence electrons. The molecule has 2 fully saturated rings. The SMILES string of the molecule is Cc1ccc(Br)nc1C(=O)N1CC(F)(F)CC[C@@H]1CCN1CCCC1=O. The van der Waals surface area contributed by atoms with Crippen LogP contribution < -0.4 is 0 Å². The van der Waals surface area contributed by atoms with Gasteiger partial charge in [0.15, 0.2) is 0 Å². The smallest absolute Gasteiger partial charge is 0.273 e. The number of piperidine rings is 1. The van der Waals surface area contributed by atoms with Crippen molar-refractivity contribution < 1.29 is 18.4 Å². The third-order valence-electron chi connectivity index (χ3n) is 5.12. The molecule has 0 bridgehead atoms. The van der Waals surface area contributed by atoms with E-state index in [1.54, 1.807) is 24.0 Å². The van der Waals surface area contributed by atoms with Crippen LogP contribution in [-0.2, 0) is 4.79 Å². The molecular weight excluding hydrogens is 408 g/mol. The number of carbonyl (C=O) groups excluding carboxylic acids is 2. The van der Waals surface area contributed by atoms with Crippen LogP contribution >= 0.6 is 15.9 Å². The van der Waals surface area contributed by atoms with Crippen molar-refractivity contribution >= 4 is 27.7 Å². The summed E-state index contributed by atoms with van der Waals surface area (Å²) in [7, 11) is 0. The number of nitrogens with zero attached hydrogens (tertiary/aromatic N) is 3. The largest absolute Gasteiger partial charge is 0.343 e. The van der Waals surface area contributed by atoms with E-state index in [4.69, 9.17) is 0 Å². The number of aromatic nitrogens is 1. The summed E-state index contributed by atoms with van der Waals surface area (Å²) in [6, 6.07) is 3.15. The van der Waals surface area contributed by atoms with Gasteiger partial charge in [-0.2, -0.15) is 0 Å². The molecule has 1 aromatic rings. The molecule has 2 aliphatic rings. The maximum atomic E-state index is 14.0. The molecule has 2 saturated heterocycles. The molecule has 2 aliphatic heterocycles. The number of amides is 2. The van der Waals surface area contributed by atoms with Gasteiger partial charge in [-0.1, -0.05) is 6.07 Å². The van der Waals surface area contributed by atoms with Crippen LogP contribution in [-0.4, -0.2) is 58.2 Å². The zero-order valence-corrected chi connectivity index (χ0v) is 16.3. The van der Waals surface area contributed by atoms with E-state index in [2.05, 4.69) is 20.9 Å². The van der Waals surface area contributed by atoms with Crippen LogP contribution in [0.1, 0.15) is 48.2 Å². The van der Waals surface area contributed by atoms with Crippen molar-refractivity contribution in [2.24, 2.45) is 0 Å². The second-order valence-electron chi connectivity index (χ2n) is 7.05. The van der Waals surface area contributed by atoms with Gasteiger partial charge in [0.1, 0.15) is 10.3 Å². The van der Waals surface area contributed by atoms with E-state index < -0.39 is 18.4 Å². The van der Waals surface area contributed by atoms with E-state index in [0.717, 1.165) is 6.42 Å². The minimum absolute atomic E-state index is 0.105. The monoisotopic (exact) mass is 429 g/mol. The average molecular weight is 430 g/mol. The predicted octanol–water partition coefficient (Wildman–Crippen LogP) is 3.40. The fourth-order valence-corrected chi connectivity index (χ4v) is 3.94. The summed E-state index contributed by atoms with van der Waals surface area (Å²) < 4.78 is 28.5. The number of aryl methyl sites for hydroxylation is 1. The zero-order valence-electron chi connectivity index (χ0n) is 14.7. The van der Waals surface area contributed by atoms with Gasteiger partial charge in [0.05, 0.1) is 6.54 Å². The van der Waals surface area contributed by atoms with Gasteiger partial charge in [0.2, 0.25) is 5.91 Å². The molecule has 3 heterocycles. The lowest BCUT2D eigenvalue weighted by molar-refractivity contribution is -0.128. The van der Waals surface area contributed by atoms with E-state index in [1.807, 2.05) is 0 Å². The first-order chi connectivity index (χ1) is 12.3. The lowest BCUT2D eigenvalue weighted by atomic mass is 9.95. The van der Waals surface area contributed by atoms with Crippen molar-refractivity contribution in [1.29, 1.82) is 0 Å². The molecule has 0 aliphatic carbocycles. The van der Waals surface area contributed by atoms with Crippen LogP contribution in [0, 0.1) is 6.92 Å². The molecule has 1 atom stereocenters. The summed E-state index contributed by atoms with van der Waals surface area (Å²) in [5, 5.41) is 0. The van der Waals surface area contributed by atoms with Crippen molar-refractivity contribution in [2.45, 2.75) is 51.0 Å². The number of likely N-dealkylation sites (tertiary alicyclic amines) is 2. The number of halogens is 3. The molecule has 5 nitrogen and oxygen atoms in total. The average Bonchev–Trinajstić information content (AvgIpc) is 3.00. The normalized spacial score (nSPS) is 22.8. The Morgan fingerprint density at radius 1 is 1.42 bits per heavy atom.